The molecule has 2 heterocycles. The van der Waals surface area contributed by atoms with E-state index in [1.807, 2.05) is 53.1 Å². The topological polar surface area (TPSA) is 17.3 Å². The SMILES string of the molecule is Clc1ccc(Cc2cn3ccccc3n2)cc1. The van der Waals surface area contributed by atoms with E-state index >= 15 is 0 Å². The molecule has 3 rings (SSSR count). The molecule has 84 valence electrons. The highest BCUT2D eigenvalue weighted by molar-refractivity contribution is 6.30. The van der Waals surface area contributed by atoms with Crippen molar-refractivity contribution in [2.75, 3.05) is 0 Å². The van der Waals surface area contributed by atoms with E-state index in [-0.39, 0.29) is 0 Å². The van der Waals surface area contributed by atoms with Gasteiger partial charge < -0.3 is 4.40 Å². The second kappa shape index (κ2) is 4.22. The molecule has 17 heavy (non-hydrogen) atoms. The molecule has 3 heteroatoms. The zero-order valence-electron chi connectivity index (χ0n) is 9.18. The Bertz CT molecular complexity index is 608. The minimum absolute atomic E-state index is 0.767. The van der Waals surface area contributed by atoms with Gasteiger partial charge in [-0.05, 0) is 29.8 Å². The molecule has 0 spiro atoms. The van der Waals surface area contributed by atoms with Gasteiger partial charge in [-0.3, -0.25) is 0 Å². The quantitative estimate of drug-likeness (QED) is 0.672. The van der Waals surface area contributed by atoms with Crippen LogP contribution in [0.25, 0.3) is 5.65 Å². The maximum atomic E-state index is 5.86. The van der Waals surface area contributed by atoms with E-state index in [0.717, 1.165) is 22.8 Å². The molecule has 1 aromatic carbocycles. The lowest BCUT2D eigenvalue weighted by Crippen LogP contribution is -1.87. The normalized spacial score (nSPS) is 10.9. The van der Waals surface area contributed by atoms with Crippen molar-refractivity contribution in [2.24, 2.45) is 0 Å². The predicted molar refractivity (Wildman–Crippen MR) is 69.5 cm³/mol. The van der Waals surface area contributed by atoms with Crippen LogP contribution < -0.4 is 0 Å². The van der Waals surface area contributed by atoms with Gasteiger partial charge in [-0.1, -0.05) is 29.8 Å². The first-order valence-corrected chi connectivity index (χ1v) is 5.86. The van der Waals surface area contributed by atoms with Gasteiger partial charge in [0, 0.05) is 23.8 Å². The second-order valence-corrected chi connectivity index (χ2v) is 4.44. The van der Waals surface area contributed by atoms with Crippen molar-refractivity contribution in [3.63, 3.8) is 0 Å². The van der Waals surface area contributed by atoms with Crippen LogP contribution in [-0.2, 0) is 6.42 Å². The van der Waals surface area contributed by atoms with Crippen molar-refractivity contribution in [1.29, 1.82) is 0 Å². The van der Waals surface area contributed by atoms with E-state index in [9.17, 15) is 0 Å². The first-order valence-electron chi connectivity index (χ1n) is 5.48. The number of imidazole rings is 1. The van der Waals surface area contributed by atoms with Crippen LogP contribution in [0, 0.1) is 0 Å². The first kappa shape index (κ1) is 10.4. The van der Waals surface area contributed by atoms with Crippen molar-refractivity contribution in [3.05, 3.63) is 71.1 Å². The number of fused-ring (bicyclic) bond motifs is 1. The number of pyridine rings is 1. The number of rotatable bonds is 2. The van der Waals surface area contributed by atoms with Crippen LogP contribution in [0.15, 0.2) is 54.9 Å². The molecule has 0 aliphatic carbocycles. The first-order chi connectivity index (χ1) is 8.31. The molecule has 3 aromatic rings. The fraction of sp³-hybridized carbons (Fsp3) is 0.0714. The second-order valence-electron chi connectivity index (χ2n) is 4.00. The number of benzene rings is 1. The zero-order chi connectivity index (χ0) is 11.7. The third-order valence-corrected chi connectivity index (χ3v) is 2.96. The maximum absolute atomic E-state index is 5.86. The fourth-order valence-electron chi connectivity index (χ4n) is 1.88. The minimum atomic E-state index is 0.767. The van der Waals surface area contributed by atoms with E-state index in [2.05, 4.69) is 11.2 Å². The molecular weight excluding hydrogens is 232 g/mol. The van der Waals surface area contributed by atoms with Gasteiger partial charge in [-0.25, -0.2) is 4.98 Å². The minimum Gasteiger partial charge on any atom is -0.307 e. The molecule has 0 radical (unpaired) electrons. The molecule has 0 fully saturated rings. The van der Waals surface area contributed by atoms with Crippen LogP contribution in [0.1, 0.15) is 11.3 Å². The highest BCUT2D eigenvalue weighted by Gasteiger charge is 2.02. The van der Waals surface area contributed by atoms with E-state index in [1.54, 1.807) is 0 Å². The van der Waals surface area contributed by atoms with E-state index in [0.29, 0.717) is 0 Å². The standard InChI is InChI=1S/C14H11ClN2/c15-12-6-4-11(5-7-12)9-13-10-17-8-2-1-3-14(17)16-13/h1-8,10H,9H2. The highest BCUT2D eigenvalue weighted by atomic mass is 35.5. The average Bonchev–Trinajstić information content (AvgIpc) is 2.74. The van der Waals surface area contributed by atoms with Crippen LogP contribution >= 0.6 is 11.6 Å². The summed E-state index contributed by atoms with van der Waals surface area (Å²) in [4.78, 5) is 4.56. The molecule has 2 nitrogen and oxygen atoms in total. The summed E-state index contributed by atoms with van der Waals surface area (Å²) in [5, 5.41) is 0.767. The third-order valence-electron chi connectivity index (χ3n) is 2.71. The molecule has 0 unspecified atom stereocenters. The summed E-state index contributed by atoms with van der Waals surface area (Å²) >= 11 is 5.86. The molecule has 0 bridgehead atoms. The monoisotopic (exact) mass is 242 g/mol. The highest BCUT2D eigenvalue weighted by Crippen LogP contribution is 2.13. The lowest BCUT2D eigenvalue weighted by atomic mass is 10.1. The van der Waals surface area contributed by atoms with Gasteiger partial charge in [-0.2, -0.15) is 0 Å². The molecule has 0 saturated carbocycles. The summed E-state index contributed by atoms with van der Waals surface area (Å²) in [6.07, 6.45) is 4.90. The zero-order valence-corrected chi connectivity index (χ0v) is 9.93. The van der Waals surface area contributed by atoms with E-state index < -0.39 is 0 Å². The van der Waals surface area contributed by atoms with Gasteiger partial charge in [0.15, 0.2) is 0 Å². The molecule has 0 N–H and O–H groups in total. The number of aromatic nitrogens is 2. The predicted octanol–water partition coefficient (Wildman–Crippen LogP) is 3.58. The third kappa shape index (κ3) is 2.17. The summed E-state index contributed by atoms with van der Waals surface area (Å²) in [6.45, 7) is 0. The van der Waals surface area contributed by atoms with Crippen molar-refractivity contribution >= 4 is 17.2 Å². The Balaban J connectivity index is 1.92. The van der Waals surface area contributed by atoms with E-state index in [1.165, 1.54) is 5.56 Å². The molecule has 0 aliphatic rings. The molecule has 0 aliphatic heterocycles. The number of halogens is 1. The Morgan fingerprint density at radius 2 is 1.88 bits per heavy atom. The summed E-state index contributed by atoms with van der Waals surface area (Å²) in [7, 11) is 0. The summed E-state index contributed by atoms with van der Waals surface area (Å²) in [5.74, 6) is 0. The van der Waals surface area contributed by atoms with Crippen LogP contribution in [0.2, 0.25) is 5.02 Å². The van der Waals surface area contributed by atoms with Crippen LogP contribution in [-0.4, -0.2) is 9.38 Å². The molecule has 0 amide bonds. The number of hydrogen-bond donors (Lipinski definition) is 0. The summed E-state index contributed by atoms with van der Waals surface area (Å²) in [5.41, 5.74) is 3.27. The summed E-state index contributed by atoms with van der Waals surface area (Å²) < 4.78 is 2.03. The van der Waals surface area contributed by atoms with Gasteiger partial charge in [0.2, 0.25) is 0 Å². The van der Waals surface area contributed by atoms with Crippen molar-refractivity contribution in [1.82, 2.24) is 9.38 Å². The number of nitrogens with zero attached hydrogens (tertiary/aromatic N) is 2. The average molecular weight is 243 g/mol. The molecule has 2 aromatic heterocycles. The largest absolute Gasteiger partial charge is 0.307 e. The van der Waals surface area contributed by atoms with Gasteiger partial charge in [0.1, 0.15) is 5.65 Å². The lowest BCUT2D eigenvalue weighted by Gasteiger charge is -1.97. The van der Waals surface area contributed by atoms with Crippen LogP contribution in [0.3, 0.4) is 0 Å². The molecule has 0 atom stereocenters. The van der Waals surface area contributed by atoms with Gasteiger partial charge in [-0.15, -0.1) is 0 Å². The maximum Gasteiger partial charge on any atom is 0.136 e. The number of hydrogen-bond acceptors (Lipinski definition) is 1. The lowest BCUT2D eigenvalue weighted by molar-refractivity contribution is 1.11. The van der Waals surface area contributed by atoms with Crippen molar-refractivity contribution in [3.8, 4) is 0 Å². The molecule has 0 saturated heterocycles. The van der Waals surface area contributed by atoms with Crippen molar-refractivity contribution < 1.29 is 0 Å². The Hall–Kier alpha value is -1.80. The molecular formula is C14H11ClN2. The smallest absolute Gasteiger partial charge is 0.136 e. The Morgan fingerprint density at radius 3 is 2.65 bits per heavy atom. The Labute approximate surface area is 104 Å². The van der Waals surface area contributed by atoms with Crippen molar-refractivity contribution in [2.45, 2.75) is 6.42 Å². The fourth-order valence-corrected chi connectivity index (χ4v) is 2.01. The van der Waals surface area contributed by atoms with Gasteiger partial charge in [0.05, 0.1) is 5.69 Å². The summed E-state index contributed by atoms with van der Waals surface area (Å²) in [6, 6.07) is 13.9. The van der Waals surface area contributed by atoms with Crippen LogP contribution in [0.4, 0.5) is 0 Å². The van der Waals surface area contributed by atoms with Gasteiger partial charge in [0.25, 0.3) is 0 Å². The Kier molecular flexibility index (Phi) is 2.57. The van der Waals surface area contributed by atoms with E-state index in [4.69, 9.17) is 11.6 Å². The Morgan fingerprint density at radius 1 is 1.06 bits per heavy atom. The van der Waals surface area contributed by atoms with Gasteiger partial charge >= 0.3 is 0 Å². The van der Waals surface area contributed by atoms with Crippen LogP contribution in [0.5, 0.6) is 0 Å².